The Balaban J connectivity index is 1.30. The number of hydrogen-bond donors (Lipinski definition) is 0. The van der Waals surface area contributed by atoms with E-state index in [4.69, 9.17) is 22.1 Å². The highest BCUT2D eigenvalue weighted by Gasteiger charge is 2.38. The maximum atomic E-state index is 14.1. The summed E-state index contributed by atoms with van der Waals surface area (Å²) in [5.41, 5.74) is 3.45. The van der Waals surface area contributed by atoms with Crippen LogP contribution in [-0.4, -0.2) is 67.4 Å². The minimum absolute atomic E-state index is 0.136. The van der Waals surface area contributed by atoms with Crippen LogP contribution in [0, 0.1) is 6.92 Å². The van der Waals surface area contributed by atoms with E-state index in [9.17, 15) is 18.0 Å². The highest BCUT2D eigenvalue weighted by molar-refractivity contribution is 8.27. The number of carbonyl (C=O) groups excluding carboxylic acids is 1. The summed E-state index contributed by atoms with van der Waals surface area (Å²) in [4.78, 5) is 29.6. The first-order valence-corrected chi connectivity index (χ1v) is 18.6. The molecule has 4 heterocycles. The van der Waals surface area contributed by atoms with E-state index >= 15 is 0 Å². The molecule has 14 heteroatoms. The Labute approximate surface area is 299 Å². The second-order valence-electron chi connectivity index (χ2n) is 12.2. The number of ether oxygens (including phenoxy) is 1. The Bertz CT molecular complexity index is 2320. The number of morpholine rings is 1. The van der Waals surface area contributed by atoms with Crippen molar-refractivity contribution < 1.29 is 17.9 Å². The van der Waals surface area contributed by atoms with Gasteiger partial charge in [-0.2, -0.15) is 9.40 Å². The van der Waals surface area contributed by atoms with Gasteiger partial charge in [-0.3, -0.25) is 19.2 Å². The molecule has 0 aliphatic carbocycles. The molecule has 0 N–H and O–H groups in total. The second kappa shape index (κ2) is 13.3. The Morgan fingerprint density at radius 2 is 1.56 bits per heavy atom. The third-order valence-corrected chi connectivity index (χ3v) is 11.9. The number of benzene rings is 3. The zero-order chi connectivity index (χ0) is 35.3. The summed E-state index contributed by atoms with van der Waals surface area (Å²) < 4.78 is 40.0. The van der Waals surface area contributed by atoms with Gasteiger partial charge < -0.3 is 4.74 Å². The van der Waals surface area contributed by atoms with Crippen LogP contribution in [0.5, 0.6) is 0 Å². The van der Waals surface area contributed by atoms with Gasteiger partial charge in [0, 0.05) is 37.5 Å². The van der Waals surface area contributed by atoms with Crippen LogP contribution in [0.4, 0.5) is 5.69 Å². The molecule has 0 bridgehead atoms. The van der Waals surface area contributed by atoms with Crippen molar-refractivity contribution in [2.45, 2.75) is 37.9 Å². The van der Waals surface area contributed by atoms with Gasteiger partial charge in [-0.1, -0.05) is 72.5 Å². The number of sulfonamides is 1. The summed E-state index contributed by atoms with van der Waals surface area (Å²) in [6.07, 6.45) is 3.02. The van der Waals surface area contributed by atoms with Crippen LogP contribution >= 0.6 is 24.0 Å². The van der Waals surface area contributed by atoms with E-state index < -0.39 is 15.9 Å². The van der Waals surface area contributed by atoms with Gasteiger partial charge in [0.1, 0.15) is 11.4 Å². The molecule has 11 nitrogen and oxygen atoms in total. The van der Waals surface area contributed by atoms with Crippen molar-refractivity contribution in [3.05, 3.63) is 118 Å². The molecule has 2 aromatic heterocycles. The van der Waals surface area contributed by atoms with E-state index in [-0.39, 0.29) is 45.8 Å². The van der Waals surface area contributed by atoms with Crippen molar-refractivity contribution >= 4 is 56.0 Å². The van der Waals surface area contributed by atoms with Crippen LogP contribution in [0.2, 0.25) is 0 Å². The van der Waals surface area contributed by atoms with Gasteiger partial charge in [-0.15, -0.1) is 0 Å². The first kappa shape index (κ1) is 33.9. The monoisotopic (exact) mass is 726 g/mol. The number of anilines is 1. The Morgan fingerprint density at radius 3 is 2.22 bits per heavy atom. The highest BCUT2D eigenvalue weighted by atomic mass is 32.2. The largest absolute Gasteiger partial charge is 0.373 e. The number of carbonyl (C=O) groups is 1. The van der Waals surface area contributed by atoms with Gasteiger partial charge in [-0.25, -0.2) is 17.8 Å². The molecule has 50 heavy (non-hydrogen) atoms. The van der Waals surface area contributed by atoms with Gasteiger partial charge in [0.05, 0.1) is 39.1 Å². The zero-order valence-corrected chi connectivity index (χ0v) is 30.2. The molecule has 7 rings (SSSR count). The molecule has 2 aliphatic rings. The summed E-state index contributed by atoms with van der Waals surface area (Å²) in [6, 6.07) is 25.4. The van der Waals surface area contributed by atoms with Gasteiger partial charge in [-0.05, 0) is 63.2 Å². The molecule has 5 aromatic rings. The number of para-hydroxylation sites is 2. The molecule has 2 fully saturated rings. The lowest BCUT2D eigenvalue weighted by Crippen LogP contribution is -2.48. The minimum Gasteiger partial charge on any atom is -0.373 e. The number of amides is 1. The second-order valence-corrected chi connectivity index (χ2v) is 15.9. The third-order valence-electron chi connectivity index (χ3n) is 8.72. The van der Waals surface area contributed by atoms with Crippen molar-refractivity contribution in [2.24, 2.45) is 7.05 Å². The SMILES string of the molecule is Cc1c(N2C(=O)C(=Cc3cn(-c4ccccc4)nc3-c3cccc(S(=O)(=O)N4CC(C)OC(C)C4)c3)SC2=S)c(=O)n(-c2ccccc2)n1C. The van der Waals surface area contributed by atoms with Crippen molar-refractivity contribution in [1.82, 2.24) is 23.4 Å². The molecule has 2 aliphatic heterocycles. The van der Waals surface area contributed by atoms with E-state index in [1.54, 1.807) is 59.9 Å². The maximum absolute atomic E-state index is 14.1. The van der Waals surface area contributed by atoms with Gasteiger partial charge in [0.15, 0.2) is 4.32 Å². The van der Waals surface area contributed by atoms with Crippen molar-refractivity contribution in [3.63, 3.8) is 0 Å². The first-order valence-electron chi connectivity index (χ1n) is 16.0. The van der Waals surface area contributed by atoms with Gasteiger partial charge in [0.2, 0.25) is 10.0 Å². The van der Waals surface area contributed by atoms with Crippen LogP contribution in [0.25, 0.3) is 28.7 Å². The molecular formula is C36H34N6O5S3. The summed E-state index contributed by atoms with van der Waals surface area (Å²) >= 11 is 6.79. The molecule has 2 unspecified atom stereocenters. The van der Waals surface area contributed by atoms with E-state index in [0.717, 1.165) is 17.4 Å². The van der Waals surface area contributed by atoms with Crippen molar-refractivity contribution in [2.75, 3.05) is 18.0 Å². The van der Waals surface area contributed by atoms with Crippen molar-refractivity contribution in [3.8, 4) is 22.6 Å². The lowest BCUT2D eigenvalue weighted by atomic mass is 10.1. The van der Waals surface area contributed by atoms with E-state index in [1.807, 2.05) is 74.5 Å². The average Bonchev–Trinajstić information content (AvgIpc) is 3.72. The molecule has 0 saturated carbocycles. The Hall–Kier alpha value is -4.60. The third kappa shape index (κ3) is 6.07. The number of rotatable bonds is 7. The van der Waals surface area contributed by atoms with E-state index in [2.05, 4.69) is 0 Å². The van der Waals surface area contributed by atoms with Crippen molar-refractivity contribution in [1.29, 1.82) is 0 Å². The van der Waals surface area contributed by atoms with Gasteiger partial charge in [0.25, 0.3) is 11.5 Å². The van der Waals surface area contributed by atoms with Crippen LogP contribution in [-0.2, 0) is 26.6 Å². The number of hydrogen-bond acceptors (Lipinski definition) is 8. The summed E-state index contributed by atoms with van der Waals surface area (Å²) in [7, 11) is -2.07. The fourth-order valence-electron chi connectivity index (χ4n) is 6.32. The lowest BCUT2D eigenvalue weighted by molar-refractivity contribution is -0.113. The molecule has 256 valence electrons. The minimum atomic E-state index is -3.84. The zero-order valence-electron chi connectivity index (χ0n) is 27.8. The standard InChI is InChI=1S/C36H34N6O5S3/c1-23-20-39(21-24(2)47-23)50(45,46)30-17-11-12-26(18-30)32-27(22-40(37-32)28-13-7-5-8-14-28)19-31-34(43)41(36(48)49-31)33-25(3)38(4)42(35(33)44)29-15-9-6-10-16-29/h5-19,22-24H,20-21H2,1-4H3. The summed E-state index contributed by atoms with van der Waals surface area (Å²) in [6.45, 7) is 6.00. The van der Waals surface area contributed by atoms with Crippen LogP contribution in [0.3, 0.4) is 0 Å². The number of nitrogens with zero attached hydrogens (tertiary/aromatic N) is 6. The number of thioether (sulfide) groups is 1. The number of aromatic nitrogens is 4. The topological polar surface area (TPSA) is 112 Å². The average molecular weight is 727 g/mol. The summed E-state index contributed by atoms with van der Waals surface area (Å²) in [5, 5.41) is 4.87. The molecule has 0 radical (unpaired) electrons. The first-order chi connectivity index (χ1) is 23.9. The molecule has 0 spiro atoms. The Kier molecular flexibility index (Phi) is 8.99. The maximum Gasteiger partial charge on any atom is 0.296 e. The lowest BCUT2D eigenvalue weighted by Gasteiger charge is -2.34. The molecule has 2 atom stereocenters. The van der Waals surface area contributed by atoms with Crippen LogP contribution < -0.4 is 10.5 Å². The fourth-order valence-corrected chi connectivity index (χ4v) is 9.22. The molecular weight excluding hydrogens is 693 g/mol. The normalized spacial score (nSPS) is 19.5. The Morgan fingerprint density at radius 1 is 0.920 bits per heavy atom. The predicted octanol–water partition coefficient (Wildman–Crippen LogP) is 5.54. The molecule has 2 saturated heterocycles. The predicted molar refractivity (Wildman–Crippen MR) is 199 cm³/mol. The van der Waals surface area contributed by atoms with E-state index in [1.165, 1.54) is 13.9 Å². The summed E-state index contributed by atoms with van der Waals surface area (Å²) in [5.74, 6) is -0.434. The van der Waals surface area contributed by atoms with Crippen LogP contribution in [0.1, 0.15) is 25.1 Å². The smallest absolute Gasteiger partial charge is 0.296 e. The van der Waals surface area contributed by atoms with Crippen LogP contribution in [0.15, 0.2) is 106 Å². The van der Waals surface area contributed by atoms with E-state index in [0.29, 0.717) is 33.1 Å². The van der Waals surface area contributed by atoms with Gasteiger partial charge >= 0.3 is 0 Å². The number of thiocarbonyl (C=S) groups is 1. The fraction of sp³-hybridized carbons (Fsp3) is 0.222. The highest BCUT2D eigenvalue weighted by Crippen LogP contribution is 2.38. The quantitative estimate of drug-likeness (QED) is 0.159. The molecule has 1 amide bonds. The molecule has 3 aromatic carbocycles.